The number of allylic oxidation sites excluding steroid dienone is 1. The van der Waals surface area contributed by atoms with E-state index in [1.54, 1.807) is 22.8 Å². The van der Waals surface area contributed by atoms with E-state index in [9.17, 15) is 9.59 Å². The summed E-state index contributed by atoms with van der Waals surface area (Å²) in [5, 5.41) is 2.01. The highest BCUT2D eigenvalue weighted by Gasteiger charge is 2.33. The maximum atomic E-state index is 13.6. The highest BCUT2D eigenvalue weighted by atomic mass is 32.1. The van der Waals surface area contributed by atoms with Crippen molar-refractivity contribution in [1.29, 1.82) is 0 Å². The second kappa shape index (κ2) is 9.00. The van der Waals surface area contributed by atoms with E-state index >= 15 is 0 Å². The van der Waals surface area contributed by atoms with Crippen LogP contribution in [0.15, 0.2) is 56.8 Å². The number of hydrogen-bond acceptors (Lipinski definition) is 6. The number of nitrogens with zero attached hydrogens (tertiary/aromatic N) is 2. The fourth-order valence-electron chi connectivity index (χ4n) is 3.82. The molecule has 0 aliphatic carbocycles. The van der Waals surface area contributed by atoms with Gasteiger partial charge in [0.25, 0.3) is 5.56 Å². The van der Waals surface area contributed by atoms with Crippen LogP contribution in [0.5, 0.6) is 0 Å². The summed E-state index contributed by atoms with van der Waals surface area (Å²) in [6.45, 7) is 10.1. The normalized spacial score (nSPS) is 16.3. The van der Waals surface area contributed by atoms with Crippen molar-refractivity contribution in [2.45, 2.75) is 46.6 Å². The number of thiazole rings is 1. The summed E-state index contributed by atoms with van der Waals surface area (Å²) in [5.74, 6) is -0.0445. The molecule has 0 bridgehead atoms. The first kappa shape index (κ1) is 22.4. The van der Waals surface area contributed by atoms with E-state index in [4.69, 9.17) is 4.74 Å². The number of carbonyl (C=O) groups is 1. The Hall–Kier alpha value is -2.77. The average molecular weight is 467 g/mol. The number of aryl methyl sites for hydroxylation is 1. The molecule has 0 amide bonds. The van der Waals surface area contributed by atoms with E-state index in [-0.39, 0.29) is 12.2 Å². The number of benzene rings is 1. The van der Waals surface area contributed by atoms with E-state index in [0.717, 1.165) is 16.0 Å². The molecule has 0 spiro atoms. The van der Waals surface area contributed by atoms with Gasteiger partial charge in [-0.05, 0) is 60.9 Å². The molecule has 166 valence electrons. The Kier molecular flexibility index (Phi) is 6.31. The largest absolute Gasteiger partial charge is 0.463 e. The Labute approximate surface area is 195 Å². The Morgan fingerprint density at radius 2 is 1.94 bits per heavy atom. The number of rotatable bonds is 5. The number of fused-ring (bicyclic) bond motifs is 1. The third-order valence-electron chi connectivity index (χ3n) is 5.60. The number of esters is 1. The lowest BCUT2D eigenvalue weighted by Crippen LogP contribution is -2.39. The van der Waals surface area contributed by atoms with Gasteiger partial charge in [-0.3, -0.25) is 9.36 Å². The van der Waals surface area contributed by atoms with Crippen molar-refractivity contribution < 1.29 is 9.53 Å². The van der Waals surface area contributed by atoms with Gasteiger partial charge in [0.05, 0.1) is 28.5 Å². The van der Waals surface area contributed by atoms with Crippen LogP contribution in [0.3, 0.4) is 0 Å². The van der Waals surface area contributed by atoms with Crippen molar-refractivity contribution in [3.63, 3.8) is 0 Å². The zero-order chi connectivity index (χ0) is 23.0. The summed E-state index contributed by atoms with van der Waals surface area (Å²) >= 11 is 2.96. The molecule has 1 aliphatic rings. The molecule has 1 aliphatic heterocycles. The summed E-state index contributed by atoms with van der Waals surface area (Å²) in [6, 6.07) is 9.58. The van der Waals surface area contributed by atoms with Crippen molar-refractivity contribution in [3.05, 3.63) is 88.2 Å². The van der Waals surface area contributed by atoms with Gasteiger partial charge in [-0.25, -0.2) is 9.79 Å². The van der Waals surface area contributed by atoms with Gasteiger partial charge in [-0.2, -0.15) is 0 Å². The minimum atomic E-state index is -0.571. The van der Waals surface area contributed by atoms with E-state index in [1.807, 2.05) is 43.5 Å². The van der Waals surface area contributed by atoms with Crippen LogP contribution in [-0.4, -0.2) is 17.1 Å². The molecule has 0 fully saturated rings. The first-order valence-electron chi connectivity index (χ1n) is 10.7. The van der Waals surface area contributed by atoms with E-state index in [2.05, 4.69) is 31.0 Å². The van der Waals surface area contributed by atoms with Gasteiger partial charge in [-0.15, -0.1) is 11.3 Å². The molecule has 2 aromatic heterocycles. The van der Waals surface area contributed by atoms with Crippen LogP contribution in [-0.2, 0) is 9.53 Å². The average Bonchev–Trinajstić information content (AvgIpc) is 3.30. The van der Waals surface area contributed by atoms with Gasteiger partial charge in [0.15, 0.2) is 4.80 Å². The molecule has 0 saturated carbocycles. The molecule has 7 heteroatoms. The fourth-order valence-corrected chi connectivity index (χ4v) is 5.78. The maximum absolute atomic E-state index is 13.6. The van der Waals surface area contributed by atoms with Crippen LogP contribution >= 0.6 is 22.7 Å². The molecule has 0 unspecified atom stereocenters. The van der Waals surface area contributed by atoms with Crippen molar-refractivity contribution in [1.82, 2.24) is 4.57 Å². The SMILES string of the molecule is CCOC(=O)C1=C(C)N=c2s/c(=C\c3sccc3C)c(=O)n2[C@@H]1c1ccc(C(C)C)cc1. The van der Waals surface area contributed by atoms with Crippen LogP contribution < -0.4 is 14.9 Å². The van der Waals surface area contributed by atoms with E-state index in [0.29, 0.717) is 26.5 Å². The van der Waals surface area contributed by atoms with Gasteiger partial charge >= 0.3 is 5.97 Å². The summed E-state index contributed by atoms with van der Waals surface area (Å²) in [7, 11) is 0. The van der Waals surface area contributed by atoms with Crippen molar-refractivity contribution in [2.24, 2.45) is 4.99 Å². The van der Waals surface area contributed by atoms with Crippen LogP contribution in [0.4, 0.5) is 0 Å². The van der Waals surface area contributed by atoms with Crippen LogP contribution in [0.2, 0.25) is 0 Å². The molecule has 0 saturated heterocycles. The molecular formula is C25H26N2O3S2. The molecule has 0 N–H and O–H groups in total. The number of ether oxygens (including phenoxy) is 1. The highest BCUT2D eigenvalue weighted by molar-refractivity contribution is 7.11. The number of thiophene rings is 1. The summed E-state index contributed by atoms with van der Waals surface area (Å²) in [6.07, 6.45) is 1.92. The lowest BCUT2D eigenvalue weighted by Gasteiger charge is -2.25. The summed E-state index contributed by atoms with van der Waals surface area (Å²) in [5.41, 5.74) is 4.05. The Morgan fingerprint density at radius 3 is 2.53 bits per heavy atom. The smallest absolute Gasteiger partial charge is 0.338 e. The summed E-state index contributed by atoms with van der Waals surface area (Å²) < 4.78 is 7.60. The summed E-state index contributed by atoms with van der Waals surface area (Å²) in [4.78, 5) is 32.8. The fraction of sp³-hybridized carbons (Fsp3) is 0.320. The monoisotopic (exact) mass is 466 g/mol. The first-order chi connectivity index (χ1) is 15.3. The lowest BCUT2D eigenvalue weighted by atomic mass is 9.93. The topological polar surface area (TPSA) is 60.7 Å². The van der Waals surface area contributed by atoms with Crippen LogP contribution in [0.1, 0.15) is 61.2 Å². The van der Waals surface area contributed by atoms with E-state index in [1.165, 1.54) is 16.9 Å². The van der Waals surface area contributed by atoms with Gasteiger partial charge in [0, 0.05) is 4.88 Å². The lowest BCUT2D eigenvalue weighted by molar-refractivity contribution is -0.139. The van der Waals surface area contributed by atoms with E-state index < -0.39 is 12.0 Å². The maximum Gasteiger partial charge on any atom is 0.338 e. The molecule has 4 rings (SSSR count). The number of aromatic nitrogens is 1. The Morgan fingerprint density at radius 1 is 1.22 bits per heavy atom. The quantitative estimate of drug-likeness (QED) is 0.527. The van der Waals surface area contributed by atoms with Gasteiger partial charge in [-0.1, -0.05) is 49.4 Å². The standard InChI is InChI=1S/C25H26N2O3S2/c1-6-30-24(29)21-16(5)26-25-27(22(21)18-9-7-17(8-10-18)14(2)3)23(28)20(32-25)13-19-15(4)11-12-31-19/h7-14,22H,6H2,1-5H3/b20-13-/t22-/m1/s1. The minimum absolute atomic E-state index is 0.145. The molecule has 32 heavy (non-hydrogen) atoms. The molecular weight excluding hydrogens is 440 g/mol. The second-order valence-electron chi connectivity index (χ2n) is 8.09. The molecule has 1 aromatic carbocycles. The number of hydrogen-bond donors (Lipinski definition) is 0. The zero-order valence-corrected chi connectivity index (χ0v) is 20.5. The minimum Gasteiger partial charge on any atom is -0.463 e. The predicted molar refractivity (Wildman–Crippen MR) is 130 cm³/mol. The van der Waals surface area contributed by atoms with Gasteiger partial charge in [0.2, 0.25) is 0 Å². The van der Waals surface area contributed by atoms with Gasteiger partial charge < -0.3 is 4.74 Å². The zero-order valence-electron chi connectivity index (χ0n) is 18.8. The van der Waals surface area contributed by atoms with Gasteiger partial charge in [0.1, 0.15) is 0 Å². The number of carbonyl (C=O) groups excluding carboxylic acids is 1. The van der Waals surface area contributed by atoms with Crippen LogP contribution in [0.25, 0.3) is 6.08 Å². The van der Waals surface area contributed by atoms with Crippen molar-refractivity contribution in [2.75, 3.05) is 6.61 Å². The Bertz CT molecular complexity index is 1370. The van der Waals surface area contributed by atoms with Crippen molar-refractivity contribution >= 4 is 34.7 Å². The molecule has 0 radical (unpaired) electrons. The first-order valence-corrected chi connectivity index (χ1v) is 12.3. The second-order valence-corrected chi connectivity index (χ2v) is 10.0. The molecule has 3 heterocycles. The molecule has 5 nitrogen and oxygen atoms in total. The molecule has 1 atom stereocenters. The van der Waals surface area contributed by atoms with Crippen LogP contribution in [0, 0.1) is 6.92 Å². The third kappa shape index (κ3) is 4.02. The Balaban J connectivity index is 1.95. The third-order valence-corrected chi connectivity index (χ3v) is 7.55. The predicted octanol–water partition coefficient (Wildman–Crippen LogP) is 4.29. The molecule has 3 aromatic rings. The highest BCUT2D eigenvalue weighted by Crippen LogP contribution is 2.31. The van der Waals surface area contributed by atoms with Crippen molar-refractivity contribution in [3.8, 4) is 0 Å².